The Morgan fingerprint density at radius 3 is 1.80 bits per heavy atom. The summed E-state index contributed by atoms with van der Waals surface area (Å²) in [6.45, 7) is 22.9. The Morgan fingerprint density at radius 2 is 1.30 bits per heavy atom. The quantitative estimate of drug-likeness (QED) is 0.171. The third kappa shape index (κ3) is 8.46. The third-order valence-corrected chi connectivity index (χ3v) is 9.20. The molecule has 2 aromatic heterocycles. The van der Waals surface area contributed by atoms with Crippen LogP contribution in [0.4, 0.5) is 0 Å². The lowest BCUT2D eigenvalue weighted by Crippen LogP contribution is -2.40. The van der Waals surface area contributed by atoms with E-state index in [1.54, 1.807) is 34.6 Å². The fourth-order valence-corrected chi connectivity index (χ4v) is 6.33. The van der Waals surface area contributed by atoms with Crippen molar-refractivity contribution in [2.75, 3.05) is 0 Å². The van der Waals surface area contributed by atoms with Gasteiger partial charge < -0.3 is 23.4 Å². The standard InChI is InChI=1S/C37H54O9/c1-14-28(39)20(6)35-24(10)32(42)22(8)33(46-35)18(4)17-19(5)34(45-30(40)16-3)25(11)37(43-27(13)38)26(12)36-23(9)31(41)21(7)29(15-2)44-36/h17-18,20,25-26,28,34,37,39H,14-16H2,1-13H3. The van der Waals surface area contributed by atoms with Crippen LogP contribution in [0.1, 0.15) is 138 Å². The minimum absolute atomic E-state index is 0.117. The van der Waals surface area contributed by atoms with Crippen LogP contribution in [0.2, 0.25) is 0 Å². The van der Waals surface area contributed by atoms with Crippen molar-refractivity contribution in [3.05, 3.63) is 77.4 Å². The van der Waals surface area contributed by atoms with E-state index in [1.807, 2.05) is 54.5 Å². The molecule has 9 heteroatoms. The Kier molecular flexibility index (Phi) is 13.8. The first-order valence-electron chi connectivity index (χ1n) is 16.4. The van der Waals surface area contributed by atoms with E-state index in [0.717, 1.165) is 0 Å². The summed E-state index contributed by atoms with van der Waals surface area (Å²) >= 11 is 0. The first-order valence-corrected chi connectivity index (χ1v) is 16.4. The Labute approximate surface area is 273 Å². The van der Waals surface area contributed by atoms with Crippen LogP contribution in [0.3, 0.4) is 0 Å². The lowest BCUT2D eigenvalue weighted by atomic mass is 9.83. The molecule has 0 aliphatic carbocycles. The summed E-state index contributed by atoms with van der Waals surface area (Å²) in [5, 5.41) is 10.5. The fraction of sp³-hybridized carbons (Fsp3) is 0.622. The number of hydrogen-bond acceptors (Lipinski definition) is 9. The van der Waals surface area contributed by atoms with Gasteiger partial charge in [-0.3, -0.25) is 19.2 Å². The highest BCUT2D eigenvalue weighted by Crippen LogP contribution is 2.35. The molecule has 0 aliphatic rings. The van der Waals surface area contributed by atoms with Gasteiger partial charge in [-0.25, -0.2) is 0 Å². The number of aryl methyl sites for hydroxylation is 1. The number of allylic oxidation sites excluding steroid dienone is 1. The maximum atomic E-state index is 13.3. The number of aliphatic hydroxyl groups is 1. The van der Waals surface area contributed by atoms with E-state index < -0.39 is 48.0 Å². The van der Waals surface area contributed by atoms with Crippen LogP contribution >= 0.6 is 0 Å². The Morgan fingerprint density at radius 1 is 0.783 bits per heavy atom. The predicted octanol–water partition coefficient (Wildman–Crippen LogP) is 7.01. The molecular formula is C37H54O9. The van der Waals surface area contributed by atoms with E-state index in [4.69, 9.17) is 18.3 Å². The van der Waals surface area contributed by atoms with E-state index in [2.05, 4.69) is 0 Å². The molecule has 0 bridgehead atoms. The third-order valence-electron chi connectivity index (χ3n) is 9.20. The van der Waals surface area contributed by atoms with Gasteiger partial charge in [0.25, 0.3) is 0 Å². The molecule has 0 fully saturated rings. The van der Waals surface area contributed by atoms with Gasteiger partial charge in [0.2, 0.25) is 0 Å². The van der Waals surface area contributed by atoms with Gasteiger partial charge in [-0.1, -0.05) is 54.5 Å². The Bertz CT molecular complexity index is 1540. The van der Waals surface area contributed by atoms with Crippen molar-refractivity contribution < 1.29 is 33.0 Å². The molecule has 0 saturated heterocycles. The molecule has 256 valence electrons. The molecule has 46 heavy (non-hydrogen) atoms. The van der Waals surface area contributed by atoms with E-state index in [-0.39, 0.29) is 23.2 Å². The van der Waals surface area contributed by atoms with Gasteiger partial charge in [0.15, 0.2) is 10.9 Å². The van der Waals surface area contributed by atoms with Crippen LogP contribution in [0.5, 0.6) is 0 Å². The van der Waals surface area contributed by atoms with E-state index >= 15 is 0 Å². The zero-order valence-corrected chi connectivity index (χ0v) is 30.0. The zero-order chi connectivity index (χ0) is 35.2. The minimum atomic E-state index is -0.817. The first kappa shape index (κ1) is 38.7. The normalized spacial score (nSPS) is 16.6. The molecule has 7 atom stereocenters. The molecule has 9 nitrogen and oxygen atoms in total. The van der Waals surface area contributed by atoms with Gasteiger partial charge in [-0.15, -0.1) is 0 Å². The molecule has 2 heterocycles. The van der Waals surface area contributed by atoms with Crippen LogP contribution in [-0.4, -0.2) is 35.4 Å². The SMILES string of the molecule is CCC(=O)OC(C(C)=CC(C)c1oc(C(C)C(O)CC)c(C)c(=O)c1C)C(C)C(OC(C)=O)C(C)c1oc(CC)c(C)c(=O)c1C. The molecule has 0 saturated carbocycles. The van der Waals surface area contributed by atoms with Crippen molar-refractivity contribution >= 4 is 11.9 Å². The van der Waals surface area contributed by atoms with E-state index in [9.17, 15) is 24.3 Å². The average Bonchev–Trinajstić information content (AvgIpc) is 3.02. The molecule has 2 aromatic rings. The van der Waals surface area contributed by atoms with Gasteiger partial charge in [0.1, 0.15) is 35.2 Å². The van der Waals surface area contributed by atoms with Crippen molar-refractivity contribution in [2.24, 2.45) is 5.92 Å². The second kappa shape index (κ2) is 16.4. The maximum absolute atomic E-state index is 13.3. The summed E-state index contributed by atoms with van der Waals surface area (Å²) in [4.78, 5) is 51.5. The number of esters is 2. The Hall–Kier alpha value is -3.46. The summed E-state index contributed by atoms with van der Waals surface area (Å²) in [7, 11) is 0. The molecule has 0 aromatic carbocycles. The van der Waals surface area contributed by atoms with Gasteiger partial charge in [0, 0.05) is 59.8 Å². The minimum Gasteiger partial charge on any atom is -0.465 e. The lowest BCUT2D eigenvalue weighted by Gasteiger charge is -2.34. The second-order valence-electron chi connectivity index (χ2n) is 12.7. The summed E-state index contributed by atoms with van der Waals surface area (Å²) < 4.78 is 24.4. The van der Waals surface area contributed by atoms with Gasteiger partial charge >= 0.3 is 11.9 Å². The van der Waals surface area contributed by atoms with Crippen LogP contribution in [0, 0.1) is 33.6 Å². The monoisotopic (exact) mass is 642 g/mol. The van der Waals surface area contributed by atoms with E-state index in [1.165, 1.54) is 6.92 Å². The molecule has 7 unspecified atom stereocenters. The van der Waals surface area contributed by atoms with Gasteiger partial charge in [-0.2, -0.15) is 0 Å². The van der Waals surface area contributed by atoms with Crippen molar-refractivity contribution in [3.8, 4) is 0 Å². The molecule has 0 spiro atoms. The fourth-order valence-electron chi connectivity index (χ4n) is 6.33. The first-order chi connectivity index (χ1) is 21.4. The van der Waals surface area contributed by atoms with Crippen LogP contribution in [0.25, 0.3) is 0 Å². The highest BCUT2D eigenvalue weighted by atomic mass is 16.6. The molecule has 0 amide bonds. The van der Waals surface area contributed by atoms with E-state index in [0.29, 0.717) is 63.7 Å². The number of hydrogen-bond donors (Lipinski definition) is 1. The molecule has 0 radical (unpaired) electrons. The summed E-state index contributed by atoms with van der Waals surface area (Å²) in [6, 6.07) is 0. The number of rotatable bonds is 14. The number of aliphatic hydroxyl groups excluding tert-OH is 1. The molecule has 1 N–H and O–H groups in total. The number of ether oxygens (including phenoxy) is 2. The summed E-state index contributed by atoms with van der Waals surface area (Å²) in [5.74, 6) is -0.926. The van der Waals surface area contributed by atoms with Crippen LogP contribution in [-0.2, 0) is 25.5 Å². The maximum Gasteiger partial charge on any atom is 0.306 e. The van der Waals surface area contributed by atoms with Crippen molar-refractivity contribution in [3.63, 3.8) is 0 Å². The van der Waals surface area contributed by atoms with Crippen molar-refractivity contribution in [2.45, 2.75) is 145 Å². The largest absolute Gasteiger partial charge is 0.465 e. The second-order valence-corrected chi connectivity index (χ2v) is 12.7. The van der Waals surface area contributed by atoms with Gasteiger partial charge in [-0.05, 0) is 46.6 Å². The number of carbonyl (C=O) groups excluding carboxylic acids is 2. The number of carbonyl (C=O) groups is 2. The summed E-state index contributed by atoms with van der Waals surface area (Å²) in [5.41, 5.74) is 2.35. The highest BCUT2D eigenvalue weighted by molar-refractivity contribution is 5.69. The van der Waals surface area contributed by atoms with Crippen LogP contribution < -0.4 is 10.9 Å². The zero-order valence-electron chi connectivity index (χ0n) is 30.0. The lowest BCUT2D eigenvalue weighted by molar-refractivity contribution is -0.158. The highest BCUT2D eigenvalue weighted by Gasteiger charge is 2.38. The predicted molar refractivity (Wildman–Crippen MR) is 178 cm³/mol. The van der Waals surface area contributed by atoms with Crippen LogP contribution in [0.15, 0.2) is 30.1 Å². The van der Waals surface area contributed by atoms with Gasteiger partial charge in [0.05, 0.1) is 12.0 Å². The molecule has 2 rings (SSSR count). The Balaban J connectivity index is 2.68. The topological polar surface area (TPSA) is 133 Å². The summed E-state index contributed by atoms with van der Waals surface area (Å²) in [6.07, 6.45) is 0.759. The average molecular weight is 643 g/mol. The van der Waals surface area contributed by atoms with Crippen molar-refractivity contribution in [1.82, 2.24) is 0 Å². The molecule has 0 aliphatic heterocycles. The molecular weight excluding hydrogens is 588 g/mol. The van der Waals surface area contributed by atoms with Crippen molar-refractivity contribution in [1.29, 1.82) is 0 Å². The smallest absolute Gasteiger partial charge is 0.306 e.